The van der Waals surface area contributed by atoms with E-state index in [2.05, 4.69) is 0 Å². The molecule has 0 spiro atoms. The summed E-state index contributed by atoms with van der Waals surface area (Å²) in [7, 11) is -3.35. The number of ether oxygens (including phenoxy) is 1. The van der Waals surface area contributed by atoms with E-state index in [-0.39, 0.29) is 16.2 Å². The summed E-state index contributed by atoms with van der Waals surface area (Å²) in [5.41, 5.74) is 6.17. The van der Waals surface area contributed by atoms with Crippen molar-refractivity contribution in [3.63, 3.8) is 0 Å². The first kappa shape index (κ1) is 12.9. The molecule has 1 aliphatic heterocycles. The van der Waals surface area contributed by atoms with E-state index in [0.717, 1.165) is 12.0 Å². The fraction of sp³-hybridized carbons (Fsp3) is 0.417. The number of aryl methyl sites for hydroxylation is 1. The lowest BCUT2D eigenvalue weighted by Gasteiger charge is -2.20. The van der Waals surface area contributed by atoms with Crippen molar-refractivity contribution in [2.24, 2.45) is 5.73 Å². The largest absolute Gasteiger partial charge is 0.492 e. The second kappa shape index (κ2) is 4.61. The van der Waals surface area contributed by atoms with Crippen molar-refractivity contribution >= 4 is 15.7 Å². The molecule has 2 N–H and O–H groups in total. The third kappa shape index (κ3) is 2.20. The van der Waals surface area contributed by atoms with Gasteiger partial charge in [0.05, 0.1) is 22.8 Å². The molecule has 0 radical (unpaired) electrons. The van der Waals surface area contributed by atoms with Crippen LogP contribution < -0.4 is 10.5 Å². The highest BCUT2D eigenvalue weighted by molar-refractivity contribution is 7.91. The van der Waals surface area contributed by atoms with Crippen molar-refractivity contribution in [2.75, 3.05) is 12.4 Å². The van der Waals surface area contributed by atoms with Crippen molar-refractivity contribution in [1.29, 1.82) is 0 Å². The molecule has 6 heteroatoms. The minimum atomic E-state index is -3.35. The van der Waals surface area contributed by atoms with Gasteiger partial charge >= 0.3 is 0 Å². The number of sulfone groups is 1. The Morgan fingerprint density at radius 3 is 2.78 bits per heavy atom. The highest BCUT2D eigenvalue weighted by atomic mass is 32.2. The van der Waals surface area contributed by atoms with Gasteiger partial charge in [0.2, 0.25) is 0 Å². The van der Waals surface area contributed by atoms with Crippen LogP contribution in [0.25, 0.3) is 0 Å². The molecule has 0 saturated heterocycles. The zero-order chi connectivity index (χ0) is 13.3. The molecule has 1 aromatic carbocycles. The van der Waals surface area contributed by atoms with Gasteiger partial charge in [-0.25, -0.2) is 8.42 Å². The van der Waals surface area contributed by atoms with Gasteiger partial charge in [0.25, 0.3) is 5.91 Å². The van der Waals surface area contributed by atoms with Gasteiger partial charge in [-0.2, -0.15) is 0 Å². The van der Waals surface area contributed by atoms with Gasteiger partial charge in [-0.15, -0.1) is 0 Å². The van der Waals surface area contributed by atoms with Crippen molar-refractivity contribution in [1.82, 2.24) is 0 Å². The molecule has 1 amide bonds. The van der Waals surface area contributed by atoms with E-state index in [0.29, 0.717) is 18.8 Å². The number of nitrogens with two attached hydrogens (primary N) is 1. The molecule has 1 aliphatic rings. The number of hydrogen-bond acceptors (Lipinski definition) is 4. The minimum Gasteiger partial charge on any atom is -0.492 e. The van der Waals surface area contributed by atoms with Gasteiger partial charge < -0.3 is 10.5 Å². The average molecular weight is 269 g/mol. The monoisotopic (exact) mass is 269 g/mol. The van der Waals surface area contributed by atoms with E-state index in [4.69, 9.17) is 10.5 Å². The summed E-state index contributed by atoms with van der Waals surface area (Å²) in [5.74, 6) is -0.240. The summed E-state index contributed by atoms with van der Waals surface area (Å²) in [6.07, 6.45) is 1.50. The number of amides is 1. The second-order valence-electron chi connectivity index (χ2n) is 4.18. The molecule has 0 bridgehead atoms. The summed E-state index contributed by atoms with van der Waals surface area (Å²) in [6.45, 7) is 2.09. The molecule has 1 aromatic rings. The topological polar surface area (TPSA) is 86.5 Å². The van der Waals surface area contributed by atoms with Crippen LogP contribution >= 0.6 is 0 Å². The molecule has 0 atom stereocenters. The molecule has 0 unspecified atom stereocenters. The van der Waals surface area contributed by atoms with Crippen molar-refractivity contribution < 1.29 is 17.9 Å². The van der Waals surface area contributed by atoms with Crippen LogP contribution in [0.3, 0.4) is 0 Å². The van der Waals surface area contributed by atoms with Gasteiger partial charge in [-0.05, 0) is 30.5 Å². The van der Waals surface area contributed by atoms with Crippen LogP contribution in [0.4, 0.5) is 0 Å². The van der Waals surface area contributed by atoms with E-state index in [9.17, 15) is 13.2 Å². The molecule has 98 valence electrons. The van der Waals surface area contributed by atoms with Crippen LogP contribution in [-0.4, -0.2) is 26.7 Å². The van der Waals surface area contributed by atoms with Crippen LogP contribution in [0, 0.1) is 0 Å². The molecule has 1 heterocycles. The molecule has 0 aromatic heterocycles. The lowest BCUT2D eigenvalue weighted by molar-refractivity contribution is 0.0995. The van der Waals surface area contributed by atoms with Crippen LogP contribution in [0.1, 0.15) is 29.3 Å². The van der Waals surface area contributed by atoms with Gasteiger partial charge in [0.1, 0.15) is 5.75 Å². The first-order chi connectivity index (χ1) is 8.45. The van der Waals surface area contributed by atoms with Gasteiger partial charge in [-0.3, -0.25) is 4.79 Å². The molecule has 0 aliphatic carbocycles. The third-order valence-corrected chi connectivity index (χ3v) is 4.69. The van der Waals surface area contributed by atoms with E-state index < -0.39 is 15.7 Å². The Kier molecular flexibility index (Phi) is 3.30. The maximum Gasteiger partial charge on any atom is 0.252 e. The second-order valence-corrected chi connectivity index (χ2v) is 6.46. The lowest BCUT2D eigenvalue weighted by Crippen LogP contribution is -2.19. The van der Waals surface area contributed by atoms with Gasteiger partial charge in [0.15, 0.2) is 9.84 Å². The highest BCUT2D eigenvalue weighted by Gasteiger charge is 2.23. The Bertz CT molecular complexity index is 592. The number of rotatable bonds is 3. The Morgan fingerprint density at radius 1 is 1.44 bits per heavy atom. The van der Waals surface area contributed by atoms with E-state index >= 15 is 0 Å². The molecule has 18 heavy (non-hydrogen) atoms. The Hall–Kier alpha value is -1.56. The summed E-state index contributed by atoms with van der Waals surface area (Å²) >= 11 is 0. The van der Waals surface area contributed by atoms with Crippen molar-refractivity contribution in [3.8, 4) is 5.75 Å². The molecular formula is C12H15NO4S. The first-order valence-electron chi connectivity index (χ1n) is 5.78. The van der Waals surface area contributed by atoms with Crippen LogP contribution in [0.2, 0.25) is 0 Å². The van der Waals surface area contributed by atoms with E-state index in [1.807, 2.05) is 0 Å². The fourth-order valence-corrected chi connectivity index (χ4v) is 2.93. The van der Waals surface area contributed by atoms with Crippen LogP contribution in [-0.2, 0) is 16.3 Å². The Labute approximate surface area is 106 Å². The predicted molar refractivity (Wildman–Crippen MR) is 66.5 cm³/mol. The molecule has 0 fully saturated rings. The molecule has 0 saturated carbocycles. The first-order valence-corrected chi connectivity index (χ1v) is 7.43. The van der Waals surface area contributed by atoms with Crippen LogP contribution in [0.5, 0.6) is 5.75 Å². The number of primary amides is 1. The van der Waals surface area contributed by atoms with E-state index in [1.54, 1.807) is 13.0 Å². The predicted octanol–water partition coefficient (Wildman–Crippen LogP) is 0.904. The smallest absolute Gasteiger partial charge is 0.252 e. The molecular weight excluding hydrogens is 254 g/mol. The van der Waals surface area contributed by atoms with Crippen LogP contribution in [0.15, 0.2) is 17.0 Å². The number of benzene rings is 1. The molecule has 5 nitrogen and oxygen atoms in total. The SMILES string of the molecule is CCS(=O)(=O)c1cc2c(c(C(N)=O)c1)OCCC2. The van der Waals surface area contributed by atoms with Crippen molar-refractivity contribution in [3.05, 3.63) is 23.3 Å². The Morgan fingerprint density at radius 2 is 2.17 bits per heavy atom. The van der Waals surface area contributed by atoms with E-state index in [1.165, 1.54) is 6.07 Å². The summed E-state index contributed by atoms with van der Waals surface area (Å²) in [4.78, 5) is 11.5. The van der Waals surface area contributed by atoms with Gasteiger partial charge in [0, 0.05) is 0 Å². The third-order valence-electron chi connectivity index (χ3n) is 2.98. The zero-order valence-corrected chi connectivity index (χ0v) is 10.9. The number of hydrogen-bond donors (Lipinski definition) is 1. The zero-order valence-electron chi connectivity index (χ0n) is 10.1. The van der Waals surface area contributed by atoms with Crippen molar-refractivity contribution in [2.45, 2.75) is 24.7 Å². The lowest BCUT2D eigenvalue weighted by atomic mass is 10.0. The maximum absolute atomic E-state index is 11.9. The summed E-state index contributed by atoms with van der Waals surface area (Å²) < 4.78 is 29.2. The minimum absolute atomic E-state index is 0.00908. The molecule has 2 rings (SSSR count). The van der Waals surface area contributed by atoms with Gasteiger partial charge in [-0.1, -0.05) is 6.92 Å². The Balaban J connectivity index is 2.66. The summed E-state index contributed by atoms with van der Waals surface area (Å²) in [5, 5.41) is 0. The standard InChI is InChI=1S/C12H15NO4S/c1-2-18(15,16)9-6-8-4-3-5-17-11(8)10(7-9)12(13)14/h6-7H,2-5H2,1H3,(H2,13,14). The number of fused-ring (bicyclic) bond motifs is 1. The number of carbonyl (C=O) groups excluding carboxylic acids is 1. The number of carbonyl (C=O) groups is 1. The highest BCUT2D eigenvalue weighted by Crippen LogP contribution is 2.32. The quantitative estimate of drug-likeness (QED) is 0.883. The maximum atomic E-state index is 11.9. The average Bonchev–Trinajstić information content (AvgIpc) is 2.37. The normalized spacial score (nSPS) is 14.7. The summed E-state index contributed by atoms with van der Waals surface area (Å²) in [6, 6.07) is 2.89. The fourth-order valence-electron chi connectivity index (χ4n) is 1.98.